The summed E-state index contributed by atoms with van der Waals surface area (Å²) in [5.74, 6) is -1.32. The van der Waals surface area contributed by atoms with Crippen LogP contribution in [0.2, 0.25) is 0 Å². The number of carbonyl (C=O) groups is 2. The summed E-state index contributed by atoms with van der Waals surface area (Å²) in [7, 11) is 0. The Balaban J connectivity index is 3.86. The van der Waals surface area contributed by atoms with Gasteiger partial charge in [0.2, 0.25) is 0 Å². The molecule has 15 heavy (non-hydrogen) atoms. The smallest absolute Gasteiger partial charge is 0.343 e. The van der Waals surface area contributed by atoms with Crippen molar-refractivity contribution in [2.24, 2.45) is 0 Å². The largest absolute Gasteiger partial charge is 0.460 e. The molecule has 0 rings (SSSR count). The summed E-state index contributed by atoms with van der Waals surface area (Å²) in [5.41, 5.74) is -0.237. The number of hydrogen-bond acceptors (Lipinski definition) is 4. The molecule has 0 aliphatic rings. The lowest BCUT2D eigenvalue weighted by atomic mass is 10.2. The van der Waals surface area contributed by atoms with Gasteiger partial charge in [-0.3, -0.25) is 4.79 Å². The molecule has 0 atom stereocenters. The Morgan fingerprint density at radius 1 is 1.47 bits per heavy atom. The van der Waals surface area contributed by atoms with Crippen molar-refractivity contribution in [3.63, 3.8) is 0 Å². The molecule has 0 aromatic heterocycles. The van der Waals surface area contributed by atoms with Gasteiger partial charge in [0.05, 0.1) is 6.61 Å². The number of esters is 1. The molecule has 0 spiro atoms. The molecule has 0 aromatic rings. The number of amides is 1. The highest BCUT2D eigenvalue weighted by Crippen LogP contribution is 1.95. The average Bonchev–Trinajstić information content (AvgIpc) is 2.24. The van der Waals surface area contributed by atoms with Gasteiger partial charge in [-0.15, -0.1) is 0 Å². The van der Waals surface area contributed by atoms with Gasteiger partial charge in [0.25, 0.3) is 5.91 Å². The quantitative estimate of drug-likeness (QED) is 0.206. The molecule has 0 fully saturated rings. The molecule has 1 amide bonds. The van der Waals surface area contributed by atoms with Crippen LogP contribution >= 0.6 is 0 Å². The van der Waals surface area contributed by atoms with Gasteiger partial charge < -0.3 is 15.2 Å². The number of aliphatic hydroxyl groups is 1. The number of carbonyl (C=O) groups excluding carboxylic acids is 2. The number of hydrogen-bond donors (Lipinski definition) is 2. The van der Waals surface area contributed by atoms with Gasteiger partial charge in [-0.1, -0.05) is 19.9 Å². The highest BCUT2D eigenvalue weighted by atomic mass is 16.5. The highest BCUT2D eigenvalue weighted by Gasteiger charge is 2.16. The molecule has 0 aliphatic carbocycles. The van der Waals surface area contributed by atoms with Crippen molar-refractivity contribution >= 4 is 11.9 Å². The third-order valence-electron chi connectivity index (χ3n) is 1.66. The third kappa shape index (κ3) is 5.85. The molecular formula is C10H17NO4. The standard InChI is InChI=1S/C10H17NO4/c1-3-4-5-11-9(13)8(2)10(14)15-7-6-12/h12H,2-7H2,1H3,(H,11,13). The summed E-state index contributed by atoms with van der Waals surface area (Å²) in [6, 6.07) is 0. The van der Waals surface area contributed by atoms with Crippen molar-refractivity contribution in [3.8, 4) is 0 Å². The summed E-state index contributed by atoms with van der Waals surface area (Å²) in [4.78, 5) is 22.3. The molecular weight excluding hydrogens is 198 g/mol. The van der Waals surface area contributed by atoms with Crippen LogP contribution in [0.4, 0.5) is 0 Å². The van der Waals surface area contributed by atoms with Gasteiger partial charge in [0.15, 0.2) is 0 Å². The zero-order valence-corrected chi connectivity index (χ0v) is 8.91. The number of aliphatic hydroxyl groups excluding tert-OH is 1. The first kappa shape index (κ1) is 13.6. The van der Waals surface area contributed by atoms with Crippen LogP contribution in [0.25, 0.3) is 0 Å². The predicted octanol–water partition coefficient (Wildman–Crippen LogP) is -0.00560. The zero-order valence-electron chi connectivity index (χ0n) is 8.91. The molecule has 0 saturated carbocycles. The lowest BCUT2D eigenvalue weighted by Gasteiger charge is -2.06. The van der Waals surface area contributed by atoms with E-state index in [0.717, 1.165) is 12.8 Å². The van der Waals surface area contributed by atoms with Gasteiger partial charge in [-0.2, -0.15) is 0 Å². The molecule has 2 N–H and O–H groups in total. The first-order valence-corrected chi connectivity index (χ1v) is 4.88. The van der Waals surface area contributed by atoms with E-state index in [0.29, 0.717) is 6.54 Å². The number of unbranched alkanes of at least 4 members (excludes halogenated alkanes) is 1. The molecule has 5 heteroatoms. The lowest BCUT2D eigenvalue weighted by molar-refractivity contribution is -0.141. The molecule has 0 bridgehead atoms. The molecule has 86 valence electrons. The second-order valence-corrected chi connectivity index (χ2v) is 2.95. The third-order valence-corrected chi connectivity index (χ3v) is 1.66. The molecule has 0 saturated heterocycles. The van der Waals surface area contributed by atoms with Crippen molar-refractivity contribution in [1.82, 2.24) is 5.32 Å². The minimum atomic E-state index is -0.793. The van der Waals surface area contributed by atoms with E-state index in [2.05, 4.69) is 16.6 Å². The maximum Gasteiger partial charge on any atom is 0.343 e. The Bertz CT molecular complexity index is 238. The van der Waals surface area contributed by atoms with E-state index >= 15 is 0 Å². The average molecular weight is 215 g/mol. The molecule has 0 aliphatic heterocycles. The van der Waals surface area contributed by atoms with Gasteiger partial charge in [-0.05, 0) is 6.42 Å². The van der Waals surface area contributed by atoms with Crippen molar-refractivity contribution in [3.05, 3.63) is 12.2 Å². The summed E-state index contributed by atoms with van der Waals surface area (Å²) in [6.07, 6.45) is 1.81. The topological polar surface area (TPSA) is 75.6 Å². The maximum atomic E-state index is 11.2. The van der Waals surface area contributed by atoms with Crippen LogP contribution in [0.15, 0.2) is 12.2 Å². The first-order chi connectivity index (χ1) is 7.13. The number of ether oxygens (including phenoxy) is 1. The van der Waals surface area contributed by atoms with Crippen molar-refractivity contribution in [2.45, 2.75) is 19.8 Å². The Hall–Kier alpha value is -1.36. The summed E-state index contributed by atoms with van der Waals surface area (Å²) in [5, 5.41) is 10.9. The Kier molecular flexibility index (Phi) is 7.27. The van der Waals surface area contributed by atoms with Crippen LogP contribution in [0.3, 0.4) is 0 Å². The summed E-state index contributed by atoms with van der Waals surface area (Å²) in [6.45, 7) is 5.44. The fraction of sp³-hybridized carbons (Fsp3) is 0.600. The van der Waals surface area contributed by atoms with Gasteiger partial charge in [0.1, 0.15) is 12.2 Å². The highest BCUT2D eigenvalue weighted by molar-refractivity contribution is 6.15. The minimum Gasteiger partial charge on any atom is -0.460 e. The summed E-state index contributed by atoms with van der Waals surface area (Å²) < 4.78 is 4.53. The van der Waals surface area contributed by atoms with Gasteiger partial charge in [0, 0.05) is 6.54 Å². The minimum absolute atomic E-state index is 0.125. The SMILES string of the molecule is C=C(C(=O)NCCCC)C(=O)OCCO. The Morgan fingerprint density at radius 3 is 2.67 bits per heavy atom. The van der Waals surface area contributed by atoms with Crippen molar-refractivity contribution < 1.29 is 19.4 Å². The maximum absolute atomic E-state index is 11.2. The summed E-state index contributed by atoms with van der Waals surface area (Å²) >= 11 is 0. The fourth-order valence-corrected chi connectivity index (χ4v) is 0.804. The second kappa shape index (κ2) is 7.99. The van der Waals surface area contributed by atoms with E-state index in [-0.39, 0.29) is 18.8 Å². The normalized spacial score (nSPS) is 9.47. The van der Waals surface area contributed by atoms with E-state index in [9.17, 15) is 9.59 Å². The van der Waals surface area contributed by atoms with Gasteiger partial charge in [-0.25, -0.2) is 4.79 Å². The van der Waals surface area contributed by atoms with Crippen molar-refractivity contribution in [2.75, 3.05) is 19.8 Å². The van der Waals surface area contributed by atoms with Crippen LogP contribution in [0.5, 0.6) is 0 Å². The monoisotopic (exact) mass is 215 g/mol. The van der Waals surface area contributed by atoms with Crippen LogP contribution in [0.1, 0.15) is 19.8 Å². The molecule has 0 aromatic carbocycles. The molecule has 0 unspecified atom stereocenters. The first-order valence-electron chi connectivity index (χ1n) is 4.88. The zero-order chi connectivity index (χ0) is 11.7. The number of rotatable bonds is 7. The van der Waals surface area contributed by atoms with Gasteiger partial charge >= 0.3 is 5.97 Å². The van der Waals surface area contributed by atoms with E-state index < -0.39 is 11.9 Å². The van der Waals surface area contributed by atoms with Crippen LogP contribution in [-0.4, -0.2) is 36.7 Å². The fourth-order valence-electron chi connectivity index (χ4n) is 0.804. The van der Waals surface area contributed by atoms with Crippen LogP contribution < -0.4 is 5.32 Å². The van der Waals surface area contributed by atoms with Crippen molar-refractivity contribution in [1.29, 1.82) is 0 Å². The predicted molar refractivity (Wildman–Crippen MR) is 55.1 cm³/mol. The van der Waals surface area contributed by atoms with Crippen LogP contribution in [-0.2, 0) is 14.3 Å². The van der Waals surface area contributed by atoms with E-state index in [1.807, 2.05) is 6.92 Å². The van der Waals surface area contributed by atoms with E-state index in [1.165, 1.54) is 0 Å². The Labute approximate surface area is 89.1 Å². The lowest BCUT2D eigenvalue weighted by Crippen LogP contribution is -2.29. The number of nitrogens with one attached hydrogen (secondary N) is 1. The molecule has 0 heterocycles. The Morgan fingerprint density at radius 2 is 2.13 bits per heavy atom. The van der Waals surface area contributed by atoms with E-state index in [1.54, 1.807) is 0 Å². The second-order valence-electron chi connectivity index (χ2n) is 2.95. The van der Waals surface area contributed by atoms with E-state index in [4.69, 9.17) is 5.11 Å². The molecule has 0 radical (unpaired) electrons. The van der Waals surface area contributed by atoms with Crippen LogP contribution in [0, 0.1) is 0 Å². The molecule has 5 nitrogen and oxygen atoms in total.